The number of nitrogens with zero attached hydrogens (tertiary/aromatic N) is 4. The van der Waals surface area contributed by atoms with Gasteiger partial charge in [0.05, 0.1) is 19.9 Å². The van der Waals surface area contributed by atoms with E-state index in [0.717, 1.165) is 16.9 Å². The molecule has 1 fully saturated rings. The number of carbonyl (C=O) groups is 2. The third-order valence-corrected chi connectivity index (χ3v) is 5.82. The number of ketones is 1. The van der Waals surface area contributed by atoms with Gasteiger partial charge in [0.1, 0.15) is 29.4 Å². The number of halogens is 1. The lowest BCUT2D eigenvalue weighted by Crippen LogP contribution is -2.40. The van der Waals surface area contributed by atoms with E-state index < -0.39 is 24.1 Å². The van der Waals surface area contributed by atoms with Crippen LogP contribution in [0, 0.1) is 5.82 Å². The summed E-state index contributed by atoms with van der Waals surface area (Å²) in [7, 11) is 1.60. The molecule has 1 aromatic heterocycles. The number of carbonyl (C=O) groups excluding carboxylic acids is 2. The van der Waals surface area contributed by atoms with Crippen LogP contribution < -0.4 is 9.64 Å². The molecule has 2 aromatic carbocycles. The van der Waals surface area contributed by atoms with Gasteiger partial charge in [0.2, 0.25) is 0 Å². The Morgan fingerprint density at radius 2 is 1.85 bits per heavy atom. The Kier molecular flexibility index (Phi) is 5.67. The summed E-state index contributed by atoms with van der Waals surface area (Å²) in [4.78, 5) is 26.1. The number of hydrogen-bond donors (Lipinski definition) is 0. The van der Waals surface area contributed by atoms with Crippen molar-refractivity contribution in [1.29, 1.82) is 0 Å². The normalized spacial score (nSPS) is 19.8. The first-order valence-electron chi connectivity index (χ1n) is 10.7. The van der Waals surface area contributed by atoms with Gasteiger partial charge in [-0.05, 0) is 60.2 Å². The lowest BCUT2D eigenvalue weighted by Gasteiger charge is -2.26. The van der Waals surface area contributed by atoms with Gasteiger partial charge < -0.3 is 9.47 Å². The van der Waals surface area contributed by atoms with Gasteiger partial charge in [0.15, 0.2) is 5.78 Å². The summed E-state index contributed by atoms with van der Waals surface area (Å²) in [6.45, 7) is 0.246. The second-order valence-corrected chi connectivity index (χ2v) is 7.98. The molecule has 0 radical (unpaired) electrons. The molecule has 34 heavy (non-hydrogen) atoms. The molecule has 0 N–H and O–H groups in total. The van der Waals surface area contributed by atoms with E-state index >= 15 is 0 Å². The average molecular weight is 460 g/mol. The second kappa shape index (κ2) is 8.93. The minimum Gasteiger partial charge on any atom is -0.497 e. The van der Waals surface area contributed by atoms with E-state index in [4.69, 9.17) is 9.47 Å². The molecule has 0 saturated carbocycles. The fraction of sp³-hybridized carbons (Fsp3) is 0.200. The highest BCUT2D eigenvalue weighted by Gasteiger charge is 2.44. The number of aromatic nitrogens is 3. The van der Waals surface area contributed by atoms with Crippen LogP contribution in [0.5, 0.6) is 5.75 Å². The van der Waals surface area contributed by atoms with E-state index in [9.17, 15) is 14.0 Å². The van der Waals surface area contributed by atoms with Crippen LogP contribution in [0.15, 0.2) is 78.5 Å². The summed E-state index contributed by atoms with van der Waals surface area (Å²) in [5.74, 6) is 0.324. The van der Waals surface area contributed by atoms with Crippen molar-refractivity contribution in [3.63, 3.8) is 0 Å². The molecule has 1 aliphatic heterocycles. The standard InChI is InChI=1S/C25H21FN4O4/c1-33-21-12-4-16(5-13-21)22-14-29(28-27-22)15-23-24(17-2-10-20(31)11-3-17)30(25(32)34-23)19-8-6-18(26)7-9-19/h2-10,12-14,23-24H,11,15H2,1H3. The first-order chi connectivity index (χ1) is 16.5. The van der Waals surface area contributed by atoms with E-state index in [1.165, 1.54) is 35.2 Å². The smallest absolute Gasteiger partial charge is 0.415 e. The van der Waals surface area contributed by atoms with Gasteiger partial charge in [0.25, 0.3) is 0 Å². The van der Waals surface area contributed by atoms with Gasteiger partial charge in [-0.15, -0.1) is 5.10 Å². The molecule has 1 aliphatic carbocycles. The molecule has 2 atom stereocenters. The Labute approximate surface area is 194 Å². The van der Waals surface area contributed by atoms with Gasteiger partial charge in [-0.1, -0.05) is 17.4 Å². The molecule has 1 saturated heterocycles. The van der Waals surface area contributed by atoms with Crippen molar-refractivity contribution in [2.24, 2.45) is 0 Å². The highest BCUT2D eigenvalue weighted by molar-refractivity contribution is 5.95. The van der Waals surface area contributed by atoms with Crippen LogP contribution in [0.25, 0.3) is 11.3 Å². The third kappa shape index (κ3) is 4.19. The average Bonchev–Trinajstić information content (AvgIpc) is 3.44. The van der Waals surface area contributed by atoms with E-state index in [0.29, 0.717) is 11.4 Å². The van der Waals surface area contributed by atoms with Crippen molar-refractivity contribution in [3.8, 4) is 17.0 Å². The molecular weight excluding hydrogens is 439 g/mol. The molecule has 172 valence electrons. The monoisotopic (exact) mass is 460 g/mol. The third-order valence-electron chi connectivity index (χ3n) is 5.82. The Morgan fingerprint density at radius 3 is 2.53 bits per heavy atom. The van der Waals surface area contributed by atoms with Crippen molar-refractivity contribution in [2.45, 2.75) is 25.1 Å². The van der Waals surface area contributed by atoms with Crippen LogP contribution in [-0.2, 0) is 16.1 Å². The highest BCUT2D eigenvalue weighted by atomic mass is 19.1. The molecule has 0 spiro atoms. The number of benzene rings is 2. The molecule has 8 nitrogen and oxygen atoms in total. The van der Waals surface area contributed by atoms with Crippen molar-refractivity contribution in [1.82, 2.24) is 15.0 Å². The zero-order valence-electron chi connectivity index (χ0n) is 18.3. The van der Waals surface area contributed by atoms with Gasteiger partial charge in [0, 0.05) is 17.7 Å². The summed E-state index contributed by atoms with van der Waals surface area (Å²) in [6.07, 6.45) is 5.85. The Balaban J connectivity index is 1.43. The van der Waals surface area contributed by atoms with E-state index in [-0.39, 0.29) is 18.7 Å². The van der Waals surface area contributed by atoms with Crippen LogP contribution in [0.1, 0.15) is 6.42 Å². The predicted molar refractivity (Wildman–Crippen MR) is 122 cm³/mol. The Hall–Kier alpha value is -4.27. The second-order valence-electron chi connectivity index (χ2n) is 7.98. The summed E-state index contributed by atoms with van der Waals surface area (Å²) in [5.41, 5.74) is 2.82. The molecule has 2 unspecified atom stereocenters. The minimum absolute atomic E-state index is 0.0146. The first kappa shape index (κ1) is 21.6. The van der Waals surface area contributed by atoms with Gasteiger partial charge in [-0.3, -0.25) is 9.69 Å². The van der Waals surface area contributed by atoms with Gasteiger partial charge in [-0.25, -0.2) is 13.9 Å². The fourth-order valence-electron chi connectivity index (χ4n) is 4.13. The summed E-state index contributed by atoms with van der Waals surface area (Å²) in [6, 6.07) is 12.6. The number of allylic oxidation sites excluding steroid dienone is 2. The largest absolute Gasteiger partial charge is 0.497 e. The van der Waals surface area contributed by atoms with E-state index in [2.05, 4.69) is 10.3 Å². The minimum atomic E-state index is -0.605. The van der Waals surface area contributed by atoms with Crippen LogP contribution in [-0.4, -0.2) is 46.1 Å². The molecule has 9 heteroatoms. The SMILES string of the molecule is COc1ccc(-c2cn(CC3OC(=O)N(c4ccc(F)cc4)C3C3=CCC(=O)C=C3)nn2)cc1. The quantitative estimate of drug-likeness (QED) is 0.554. The zero-order chi connectivity index (χ0) is 23.7. The van der Waals surface area contributed by atoms with Crippen molar-refractivity contribution >= 4 is 17.6 Å². The fourth-order valence-corrected chi connectivity index (χ4v) is 4.13. The van der Waals surface area contributed by atoms with Crippen LogP contribution >= 0.6 is 0 Å². The molecule has 5 rings (SSSR count). The Morgan fingerprint density at radius 1 is 1.09 bits per heavy atom. The summed E-state index contributed by atoms with van der Waals surface area (Å²) in [5, 5.41) is 8.45. The van der Waals surface area contributed by atoms with Crippen molar-refractivity contribution in [2.75, 3.05) is 12.0 Å². The lowest BCUT2D eigenvalue weighted by molar-refractivity contribution is -0.113. The molecule has 1 amide bonds. The highest BCUT2D eigenvalue weighted by Crippen LogP contribution is 2.34. The van der Waals surface area contributed by atoms with E-state index in [1.807, 2.05) is 24.3 Å². The number of methoxy groups -OCH3 is 1. The Bertz CT molecular complexity index is 1280. The number of hydrogen-bond acceptors (Lipinski definition) is 6. The number of anilines is 1. The predicted octanol–water partition coefficient (Wildman–Crippen LogP) is 3.94. The van der Waals surface area contributed by atoms with Crippen LogP contribution in [0.4, 0.5) is 14.9 Å². The van der Waals surface area contributed by atoms with Gasteiger partial charge >= 0.3 is 6.09 Å². The number of cyclic esters (lactones) is 1. The topological polar surface area (TPSA) is 86.5 Å². The molecule has 2 aliphatic rings. The molecule has 0 bridgehead atoms. The maximum Gasteiger partial charge on any atom is 0.415 e. The van der Waals surface area contributed by atoms with Crippen LogP contribution in [0.3, 0.4) is 0 Å². The number of rotatable bonds is 6. The van der Waals surface area contributed by atoms with Gasteiger partial charge in [-0.2, -0.15) is 0 Å². The number of ether oxygens (including phenoxy) is 2. The van der Waals surface area contributed by atoms with E-state index in [1.54, 1.807) is 30.1 Å². The molecular formula is C25H21FN4O4. The molecule has 2 heterocycles. The zero-order valence-corrected chi connectivity index (χ0v) is 18.3. The summed E-state index contributed by atoms with van der Waals surface area (Å²) < 4.78 is 26.0. The maximum absolute atomic E-state index is 13.5. The van der Waals surface area contributed by atoms with Crippen molar-refractivity contribution < 1.29 is 23.5 Å². The molecule has 3 aromatic rings. The lowest BCUT2D eigenvalue weighted by atomic mass is 9.94. The first-order valence-corrected chi connectivity index (χ1v) is 10.7. The summed E-state index contributed by atoms with van der Waals surface area (Å²) >= 11 is 0. The van der Waals surface area contributed by atoms with Crippen LogP contribution in [0.2, 0.25) is 0 Å². The maximum atomic E-state index is 13.5. The number of amides is 1. The van der Waals surface area contributed by atoms with Crippen molar-refractivity contribution in [3.05, 3.63) is 84.3 Å².